The fourth-order valence-corrected chi connectivity index (χ4v) is 5.13. The summed E-state index contributed by atoms with van der Waals surface area (Å²) in [6, 6.07) is 29.6. The van der Waals surface area contributed by atoms with E-state index in [0.29, 0.717) is 33.0 Å². The van der Waals surface area contributed by atoms with Gasteiger partial charge in [-0.25, -0.2) is 0 Å². The molecule has 0 unspecified atom stereocenters. The molecule has 0 radical (unpaired) electrons. The molecule has 0 saturated carbocycles. The van der Waals surface area contributed by atoms with Gasteiger partial charge < -0.3 is 9.47 Å². The summed E-state index contributed by atoms with van der Waals surface area (Å²) in [4.78, 5) is 15.3. The molecule has 6 heteroatoms. The first-order valence-electron chi connectivity index (χ1n) is 10.7. The Morgan fingerprint density at radius 2 is 1.59 bits per heavy atom. The molecule has 1 saturated heterocycles. The number of methoxy groups -OCH3 is 1. The van der Waals surface area contributed by atoms with E-state index in [0.717, 1.165) is 11.1 Å². The Balaban J connectivity index is 1.39. The number of carbonyl (C=O) groups excluding carboxylic acids is 1. The summed E-state index contributed by atoms with van der Waals surface area (Å²) in [5.41, 5.74) is 2.54. The van der Waals surface area contributed by atoms with Gasteiger partial charge in [-0.05, 0) is 46.7 Å². The van der Waals surface area contributed by atoms with E-state index in [9.17, 15) is 4.79 Å². The zero-order valence-corrected chi connectivity index (χ0v) is 20.1. The highest BCUT2D eigenvalue weighted by Gasteiger charge is 2.35. The SMILES string of the molecule is COc1ccccc1N1C(=O)/C(=C/c2ccccc2OCc2ccc3ccccc3c2)SC1=S. The Hall–Kier alpha value is -3.61. The molecule has 168 valence electrons. The second kappa shape index (κ2) is 9.71. The van der Waals surface area contributed by atoms with Gasteiger partial charge in [-0.3, -0.25) is 9.69 Å². The van der Waals surface area contributed by atoms with Gasteiger partial charge in [0.15, 0.2) is 4.32 Å². The summed E-state index contributed by atoms with van der Waals surface area (Å²) in [5.74, 6) is 1.13. The summed E-state index contributed by atoms with van der Waals surface area (Å²) < 4.78 is 12.1. The zero-order valence-electron chi connectivity index (χ0n) is 18.4. The lowest BCUT2D eigenvalue weighted by atomic mass is 10.1. The molecule has 0 N–H and O–H groups in total. The van der Waals surface area contributed by atoms with Gasteiger partial charge in [-0.2, -0.15) is 0 Å². The van der Waals surface area contributed by atoms with E-state index in [4.69, 9.17) is 21.7 Å². The minimum Gasteiger partial charge on any atom is -0.495 e. The number of hydrogen-bond donors (Lipinski definition) is 0. The highest BCUT2D eigenvalue weighted by molar-refractivity contribution is 8.27. The van der Waals surface area contributed by atoms with Gasteiger partial charge >= 0.3 is 0 Å². The molecule has 0 aromatic heterocycles. The van der Waals surface area contributed by atoms with Crippen molar-refractivity contribution < 1.29 is 14.3 Å². The molecule has 1 aliphatic rings. The van der Waals surface area contributed by atoms with Crippen molar-refractivity contribution in [2.24, 2.45) is 0 Å². The molecular formula is C28H21NO3S2. The maximum absolute atomic E-state index is 13.3. The van der Waals surface area contributed by atoms with Gasteiger partial charge in [0, 0.05) is 5.56 Å². The van der Waals surface area contributed by atoms with E-state index in [1.165, 1.54) is 27.4 Å². The van der Waals surface area contributed by atoms with Crippen molar-refractivity contribution in [1.29, 1.82) is 0 Å². The Bertz CT molecular complexity index is 1430. The second-order valence-corrected chi connectivity index (χ2v) is 9.37. The highest BCUT2D eigenvalue weighted by Crippen LogP contribution is 2.40. The summed E-state index contributed by atoms with van der Waals surface area (Å²) in [7, 11) is 1.58. The van der Waals surface area contributed by atoms with Gasteiger partial charge in [0.2, 0.25) is 0 Å². The molecule has 0 bridgehead atoms. The van der Waals surface area contributed by atoms with Crippen LogP contribution in [-0.2, 0) is 11.4 Å². The van der Waals surface area contributed by atoms with E-state index >= 15 is 0 Å². The topological polar surface area (TPSA) is 38.8 Å². The summed E-state index contributed by atoms with van der Waals surface area (Å²) >= 11 is 6.80. The number of thiocarbonyl (C=S) groups is 1. The average molecular weight is 484 g/mol. The number of para-hydroxylation sites is 3. The number of amides is 1. The maximum atomic E-state index is 13.3. The van der Waals surface area contributed by atoms with Crippen LogP contribution in [0.1, 0.15) is 11.1 Å². The number of carbonyl (C=O) groups is 1. The van der Waals surface area contributed by atoms with Crippen molar-refractivity contribution in [2.45, 2.75) is 6.61 Å². The Morgan fingerprint density at radius 3 is 2.41 bits per heavy atom. The lowest BCUT2D eigenvalue weighted by Crippen LogP contribution is -2.27. The number of fused-ring (bicyclic) bond motifs is 1. The number of benzene rings is 4. The van der Waals surface area contributed by atoms with Crippen LogP contribution < -0.4 is 14.4 Å². The fourth-order valence-electron chi connectivity index (χ4n) is 3.85. The van der Waals surface area contributed by atoms with Crippen molar-refractivity contribution in [3.05, 3.63) is 107 Å². The molecule has 0 spiro atoms. The molecule has 0 aliphatic carbocycles. The van der Waals surface area contributed by atoms with Gasteiger partial charge in [-0.1, -0.05) is 90.7 Å². The molecule has 1 fully saturated rings. The minimum absolute atomic E-state index is 0.177. The molecular weight excluding hydrogens is 462 g/mol. The van der Waals surface area contributed by atoms with Crippen LogP contribution in [0.2, 0.25) is 0 Å². The Kier molecular flexibility index (Phi) is 6.34. The van der Waals surface area contributed by atoms with Gasteiger partial charge in [0.05, 0.1) is 17.7 Å². The number of rotatable bonds is 6. The van der Waals surface area contributed by atoms with E-state index in [1.54, 1.807) is 7.11 Å². The summed E-state index contributed by atoms with van der Waals surface area (Å²) in [5, 5.41) is 2.38. The van der Waals surface area contributed by atoms with E-state index in [-0.39, 0.29) is 5.91 Å². The van der Waals surface area contributed by atoms with Crippen LogP contribution in [0.15, 0.2) is 95.9 Å². The number of ether oxygens (including phenoxy) is 2. The molecule has 1 amide bonds. The molecule has 4 nitrogen and oxygen atoms in total. The predicted octanol–water partition coefficient (Wildman–Crippen LogP) is 6.83. The third-order valence-corrected chi connectivity index (χ3v) is 6.84. The number of nitrogens with zero attached hydrogens (tertiary/aromatic N) is 1. The third-order valence-electron chi connectivity index (χ3n) is 5.53. The van der Waals surface area contributed by atoms with Crippen molar-refractivity contribution in [3.8, 4) is 11.5 Å². The highest BCUT2D eigenvalue weighted by atomic mass is 32.2. The minimum atomic E-state index is -0.177. The fraction of sp³-hybridized carbons (Fsp3) is 0.0714. The standard InChI is InChI=1S/C28H21NO3S2/c1-31-25-13-7-5-11-23(25)29-27(30)26(34-28(29)33)17-22-10-4-6-12-24(22)32-18-19-14-15-20-8-2-3-9-21(20)16-19/h2-17H,18H2,1H3/b26-17-. The zero-order chi connectivity index (χ0) is 23.5. The Morgan fingerprint density at radius 1 is 0.882 bits per heavy atom. The summed E-state index contributed by atoms with van der Waals surface area (Å²) in [6.45, 7) is 0.428. The van der Waals surface area contributed by atoms with Gasteiger partial charge in [0.1, 0.15) is 18.1 Å². The third kappa shape index (κ3) is 4.42. The average Bonchev–Trinajstić information content (AvgIpc) is 3.15. The first-order chi connectivity index (χ1) is 16.6. The molecule has 5 rings (SSSR count). The molecule has 4 aromatic carbocycles. The monoisotopic (exact) mass is 483 g/mol. The van der Waals surface area contributed by atoms with Gasteiger partial charge in [0.25, 0.3) is 5.91 Å². The molecule has 1 aliphatic heterocycles. The molecule has 0 atom stereocenters. The van der Waals surface area contributed by atoms with Crippen LogP contribution in [0, 0.1) is 0 Å². The Labute approximate surface area is 207 Å². The van der Waals surface area contributed by atoms with Gasteiger partial charge in [-0.15, -0.1) is 0 Å². The first-order valence-corrected chi connectivity index (χ1v) is 12.0. The molecule has 4 aromatic rings. The van der Waals surface area contributed by atoms with Crippen molar-refractivity contribution in [1.82, 2.24) is 0 Å². The smallest absolute Gasteiger partial charge is 0.270 e. The van der Waals surface area contributed by atoms with Crippen LogP contribution in [0.25, 0.3) is 16.8 Å². The van der Waals surface area contributed by atoms with Crippen LogP contribution in [0.4, 0.5) is 5.69 Å². The van der Waals surface area contributed by atoms with Crippen molar-refractivity contribution in [2.75, 3.05) is 12.0 Å². The number of anilines is 1. The van der Waals surface area contributed by atoms with E-state index in [2.05, 4.69) is 30.3 Å². The number of thioether (sulfide) groups is 1. The second-order valence-electron chi connectivity index (χ2n) is 7.70. The first kappa shape index (κ1) is 22.2. The van der Waals surface area contributed by atoms with Crippen molar-refractivity contribution >= 4 is 56.7 Å². The van der Waals surface area contributed by atoms with E-state index < -0.39 is 0 Å². The normalized spacial score (nSPS) is 14.7. The molecule has 1 heterocycles. The summed E-state index contributed by atoms with van der Waals surface area (Å²) in [6.07, 6.45) is 1.84. The maximum Gasteiger partial charge on any atom is 0.270 e. The quantitative estimate of drug-likeness (QED) is 0.222. The lowest BCUT2D eigenvalue weighted by molar-refractivity contribution is -0.113. The predicted molar refractivity (Wildman–Crippen MR) is 143 cm³/mol. The molecule has 34 heavy (non-hydrogen) atoms. The van der Waals surface area contributed by atoms with Crippen LogP contribution in [0.3, 0.4) is 0 Å². The van der Waals surface area contributed by atoms with Crippen molar-refractivity contribution in [3.63, 3.8) is 0 Å². The van der Waals surface area contributed by atoms with E-state index in [1.807, 2.05) is 66.7 Å². The van der Waals surface area contributed by atoms with Crippen LogP contribution >= 0.6 is 24.0 Å². The lowest BCUT2D eigenvalue weighted by Gasteiger charge is -2.17. The van der Waals surface area contributed by atoms with Crippen LogP contribution in [-0.4, -0.2) is 17.3 Å². The number of hydrogen-bond acceptors (Lipinski definition) is 5. The largest absolute Gasteiger partial charge is 0.495 e. The van der Waals surface area contributed by atoms with Crippen LogP contribution in [0.5, 0.6) is 11.5 Å².